The number of rotatable bonds is 2. The lowest BCUT2D eigenvalue weighted by Gasteiger charge is -2.37. The molecule has 1 nitrogen and oxygen atoms in total. The highest BCUT2D eigenvalue weighted by molar-refractivity contribution is 5.16. The second-order valence-corrected chi connectivity index (χ2v) is 4.38. The molecule has 84 valence electrons. The normalized spacial score (nSPS) is 22.3. The summed E-state index contributed by atoms with van der Waals surface area (Å²) in [4.78, 5) is 0. The molecule has 2 N–H and O–H groups in total. The standard InChI is InChI=1S/C8H12F5N/c1-5(2,14)6(3-4-6)7(9,10)8(11,12)13/h3-4,14H2,1-2H3. The van der Waals surface area contributed by atoms with Gasteiger partial charge in [-0.15, -0.1) is 0 Å². The van der Waals surface area contributed by atoms with E-state index < -0.39 is 23.1 Å². The fraction of sp³-hybridized carbons (Fsp3) is 1.00. The summed E-state index contributed by atoms with van der Waals surface area (Å²) in [7, 11) is 0. The van der Waals surface area contributed by atoms with Crippen LogP contribution < -0.4 is 5.73 Å². The second-order valence-electron chi connectivity index (χ2n) is 4.38. The SMILES string of the molecule is CC(C)(N)C1(C(F)(F)C(F)(F)F)CC1. The van der Waals surface area contributed by atoms with Gasteiger partial charge < -0.3 is 5.73 Å². The average molecular weight is 217 g/mol. The summed E-state index contributed by atoms with van der Waals surface area (Å²) in [5.74, 6) is -4.70. The summed E-state index contributed by atoms with van der Waals surface area (Å²) in [5, 5.41) is 0. The summed E-state index contributed by atoms with van der Waals surface area (Å²) in [5.41, 5.74) is 1.74. The molecular weight excluding hydrogens is 205 g/mol. The molecule has 0 bridgehead atoms. The van der Waals surface area contributed by atoms with Crippen LogP contribution in [-0.2, 0) is 0 Å². The number of hydrogen-bond donors (Lipinski definition) is 1. The van der Waals surface area contributed by atoms with Crippen LogP contribution in [-0.4, -0.2) is 17.6 Å². The van der Waals surface area contributed by atoms with E-state index in [0.29, 0.717) is 0 Å². The summed E-state index contributed by atoms with van der Waals surface area (Å²) < 4.78 is 62.4. The smallest absolute Gasteiger partial charge is 0.325 e. The molecule has 1 rings (SSSR count). The molecule has 0 aromatic carbocycles. The van der Waals surface area contributed by atoms with Crippen molar-refractivity contribution in [3.63, 3.8) is 0 Å². The molecular formula is C8H12F5N. The molecule has 0 atom stereocenters. The van der Waals surface area contributed by atoms with Gasteiger partial charge in [0, 0.05) is 5.54 Å². The van der Waals surface area contributed by atoms with Crippen molar-refractivity contribution in [1.82, 2.24) is 0 Å². The van der Waals surface area contributed by atoms with Crippen LogP contribution in [0, 0.1) is 5.41 Å². The van der Waals surface area contributed by atoms with Gasteiger partial charge in [-0.05, 0) is 26.7 Å². The second kappa shape index (κ2) is 2.59. The van der Waals surface area contributed by atoms with Gasteiger partial charge in [-0.25, -0.2) is 0 Å². The lowest BCUT2D eigenvalue weighted by molar-refractivity contribution is -0.316. The van der Waals surface area contributed by atoms with E-state index in [4.69, 9.17) is 5.73 Å². The Balaban J connectivity index is 3.05. The monoisotopic (exact) mass is 217 g/mol. The van der Waals surface area contributed by atoms with Gasteiger partial charge in [-0.2, -0.15) is 22.0 Å². The predicted octanol–water partition coefficient (Wildman–Crippen LogP) is 2.70. The third-order valence-electron chi connectivity index (χ3n) is 2.94. The van der Waals surface area contributed by atoms with Crippen LogP contribution in [0.5, 0.6) is 0 Å². The first-order valence-corrected chi connectivity index (χ1v) is 4.19. The summed E-state index contributed by atoms with van der Waals surface area (Å²) in [6, 6.07) is 0. The van der Waals surface area contributed by atoms with Gasteiger partial charge in [0.05, 0.1) is 5.41 Å². The fourth-order valence-electron chi connectivity index (χ4n) is 1.76. The molecule has 1 fully saturated rings. The van der Waals surface area contributed by atoms with E-state index in [0.717, 1.165) is 0 Å². The first-order chi connectivity index (χ1) is 5.96. The van der Waals surface area contributed by atoms with Crippen molar-refractivity contribution in [1.29, 1.82) is 0 Å². The summed E-state index contributed by atoms with van der Waals surface area (Å²) in [6.45, 7) is 2.42. The maximum Gasteiger partial charge on any atom is 0.453 e. The fourth-order valence-corrected chi connectivity index (χ4v) is 1.76. The quantitative estimate of drug-likeness (QED) is 0.707. The molecule has 0 heterocycles. The van der Waals surface area contributed by atoms with Crippen LogP contribution in [0.3, 0.4) is 0 Å². The van der Waals surface area contributed by atoms with Crippen LogP contribution in [0.15, 0.2) is 0 Å². The molecule has 0 unspecified atom stereocenters. The van der Waals surface area contributed by atoms with Gasteiger partial charge in [-0.3, -0.25) is 0 Å². The lowest BCUT2D eigenvalue weighted by Crippen LogP contribution is -2.57. The van der Waals surface area contributed by atoms with Gasteiger partial charge in [0.15, 0.2) is 0 Å². The zero-order chi connectivity index (χ0) is 11.4. The molecule has 14 heavy (non-hydrogen) atoms. The van der Waals surface area contributed by atoms with E-state index >= 15 is 0 Å². The van der Waals surface area contributed by atoms with Crippen molar-refractivity contribution in [3.8, 4) is 0 Å². The Bertz CT molecular complexity index is 219. The highest BCUT2D eigenvalue weighted by Crippen LogP contribution is 2.66. The van der Waals surface area contributed by atoms with Crippen LogP contribution in [0.1, 0.15) is 26.7 Å². The average Bonchev–Trinajstić information content (AvgIpc) is 2.58. The summed E-state index contributed by atoms with van der Waals surface area (Å²) in [6.07, 6.45) is -5.87. The third-order valence-corrected chi connectivity index (χ3v) is 2.94. The number of nitrogens with two attached hydrogens (primary N) is 1. The molecule has 0 amide bonds. The van der Waals surface area contributed by atoms with E-state index in [-0.39, 0.29) is 12.8 Å². The van der Waals surface area contributed by atoms with Crippen LogP contribution in [0.25, 0.3) is 0 Å². The molecule has 0 aromatic heterocycles. The number of hydrogen-bond acceptors (Lipinski definition) is 1. The number of halogens is 5. The Hall–Kier alpha value is -0.390. The first-order valence-electron chi connectivity index (χ1n) is 4.19. The van der Waals surface area contributed by atoms with E-state index in [1.165, 1.54) is 13.8 Å². The van der Waals surface area contributed by atoms with Gasteiger partial charge >= 0.3 is 12.1 Å². The lowest BCUT2D eigenvalue weighted by atomic mass is 9.79. The van der Waals surface area contributed by atoms with Crippen molar-refractivity contribution in [2.24, 2.45) is 11.1 Å². The Morgan fingerprint density at radius 1 is 1.00 bits per heavy atom. The zero-order valence-electron chi connectivity index (χ0n) is 7.88. The van der Waals surface area contributed by atoms with E-state index in [9.17, 15) is 22.0 Å². The Kier molecular flexibility index (Phi) is 2.16. The van der Waals surface area contributed by atoms with Crippen molar-refractivity contribution in [3.05, 3.63) is 0 Å². The van der Waals surface area contributed by atoms with Crippen molar-refractivity contribution >= 4 is 0 Å². The van der Waals surface area contributed by atoms with Gasteiger partial charge in [0.2, 0.25) is 0 Å². The third kappa shape index (κ3) is 1.31. The Morgan fingerprint density at radius 2 is 1.36 bits per heavy atom. The van der Waals surface area contributed by atoms with Crippen LogP contribution >= 0.6 is 0 Å². The predicted molar refractivity (Wildman–Crippen MR) is 40.9 cm³/mol. The molecule has 6 heteroatoms. The largest absolute Gasteiger partial charge is 0.453 e. The van der Waals surface area contributed by atoms with Gasteiger partial charge in [0.25, 0.3) is 0 Å². The zero-order valence-corrected chi connectivity index (χ0v) is 7.88. The highest BCUT2D eigenvalue weighted by atomic mass is 19.4. The summed E-state index contributed by atoms with van der Waals surface area (Å²) >= 11 is 0. The molecule has 1 saturated carbocycles. The first kappa shape index (κ1) is 11.7. The van der Waals surface area contributed by atoms with E-state index in [1.807, 2.05) is 0 Å². The van der Waals surface area contributed by atoms with Crippen molar-refractivity contribution in [2.75, 3.05) is 0 Å². The highest BCUT2D eigenvalue weighted by Gasteiger charge is 2.78. The molecule has 1 aliphatic rings. The molecule has 0 aromatic rings. The molecule has 0 spiro atoms. The maximum absolute atomic E-state index is 13.1. The minimum absolute atomic E-state index is 0.178. The topological polar surface area (TPSA) is 26.0 Å². The van der Waals surface area contributed by atoms with Crippen LogP contribution in [0.2, 0.25) is 0 Å². The van der Waals surface area contributed by atoms with Crippen LogP contribution in [0.4, 0.5) is 22.0 Å². The minimum Gasteiger partial charge on any atom is -0.325 e. The molecule has 0 aliphatic heterocycles. The van der Waals surface area contributed by atoms with Gasteiger partial charge in [-0.1, -0.05) is 0 Å². The van der Waals surface area contributed by atoms with Crippen molar-refractivity contribution in [2.45, 2.75) is 44.3 Å². The number of alkyl halides is 5. The molecule has 1 aliphatic carbocycles. The molecule has 0 radical (unpaired) electrons. The molecule has 0 saturated heterocycles. The Morgan fingerprint density at radius 3 is 1.43 bits per heavy atom. The van der Waals surface area contributed by atoms with Gasteiger partial charge in [0.1, 0.15) is 0 Å². The maximum atomic E-state index is 13.1. The van der Waals surface area contributed by atoms with E-state index in [2.05, 4.69) is 0 Å². The Labute approximate surface area is 78.5 Å². The van der Waals surface area contributed by atoms with E-state index in [1.54, 1.807) is 0 Å². The minimum atomic E-state index is -5.51. The van der Waals surface area contributed by atoms with Crippen molar-refractivity contribution < 1.29 is 22.0 Å².